The molecular weight excluding hydrogens is 358 g/mol. The lowest BCUT2D eigenvalue weighted by Crippen LogP contribution is -2.10. The Morgan fingerprint density at radius 2 is 1.54 bits per heavy atom. The van der Waals surface area contributed by atoms with Gasteiger partial charge in [0.1, 0.15) is 12.4 Å². The van der Waals surface area contributed by atoms with Crippen LogP contribution >= 0.6 is 0 Å². The summed E-state index contributed by atoms with van der Waals surface area (Å²) in [5.74, 6) is 0.199. The molecule has 0 bridgehead atoms. The second-order valence-electron chi connectivity index (χ2n) is 6.87. The van der Waals surface area contributed by atoms with Gasteiger partial charge in [0.15, 0.2) is 0 Å². The number of nitrogens with zero attached hydrogens (tertiary/aromatic N) is 1. The fourth-order valence-electron chi connectivity index (χ4n) is 2.35. The lowest BCUT2D eigenvalue weighted by Gasteiger charge is -2.05. The highest BCUT2D eigenvalue weighted by Crippen LogP contribution is 2.17. The zero-order valence-electron chi connectivity index (χ0n) is 17.1. The highest BCUT2D eigenvalue weighted by atomic mass is 16.7. The minimum Gasteiger partial charge on any atom is -0.430 e. The van der Waals surface area contributed by atoms with Crippen molar-refractivity contribution in [2.75, 3.05) is 6.61 Å². The van der Waals surface area contributed by atoms with Crippen molar-refractivity contribution in [1.29, 1.82) is 0 Å². The van der Waals surface area contributed by atoms with E-state index in [1.165, 1.54) is 35.4 Å². The molecule has 0 aliphatic carbocycles. The van der Waals surface area contributed by atoms with E-state index in [9.17, 15) is 14.9 Å². The third kappa shape index (κ3) is 10.3. The minimum atomic E-state index is -0.840. The Labute approximate surface area is 166 Å². The first kappa shape index (κ1) is 23.1. The van der Waals surface area contributed by atoms with Gasteiger partial charge in [0, 0.05) is 12.1 Å². The molecule has 1 aromatic rings. The molecule has 0 saturated carbocycles. The van der Waals surface area contributed by atoms with Crippen LogP contribution in [-0.2, 0) is 4.74 Å². The summed E-state index contributed by atoms with van der Waals surface area (Å²) in [6.45, 7) is 8.49. The standard InChI is InChI=1S/C22H29NO5/c1-17(2)7-5-8-18(3)9-6-10-19(4)15-16-27-22(24)28-21-13-11-20(12-14-21)23(25)26/h7,9,11-15H,5-6,8,10,16H2,1-4H3. The van der Waals surface area contributed by atoms with Crippen molar-refractivity contribution in [2.24, 2.45) is 0 Å². The highest BCUT2D eigenvalue weighted by molar-refractivity contribution is 5.64. The highest BCUT2D eigenvalue weighted by Gasteiger charge is 2.08. The van der Waals surface area contributed by atoms with Crippen molar-refractivity contribution in [3.63, 3.8) is 0 Å². The number of nitro groups is 1. The Hall–Kier alpha value is -2.89. The molecule has 1 aromatic carbocycles. The molecule has 0 aliphatic heterocycles. The molecule has 6 nitrogen and oxygen atoms in total. The van der Waals surface area contributed by atoms with Crippen molar-refractivity contribution < 1.29 is 19.2 Å². The Morgan fingerprint density at radius 3 is 2.11 bits per heavy atom. The summed E-state index contributed by atoms with van der Waals surface area (Å²) in [4.78, 5) is 21.7. The van der Waals surface area contributed by atoms with Gasteiger partial charge in [0.25, 0.3) is 5.69 Å². The predicted molar refractivity (Wildman–Crippen MR) is 110 cm³/mol. The molecule has 0 radical (unpaired) electrons. The molecule has 28 heavy (non-hydrogen) atoms. The quantitative estimate of drug-likeness (QED) is 0.150. The van der Waals surface area contributed by atoms with Gasteiger partial charge in [-0.15, -0.1) is 0 Å². The molecule has 0 aliphatic rings. The van der Waals surface area contributed by atoms with Gasteiger partial charge in [-0.05, 0) is 71.6 Å². The van der Waals surface area contributed by atoms with E-state index in [-0.39, 0.29) is 18.0 Å². The summed E-state index contributed by atoms with van der Waals surface area (Å²) < 4.78 is 9.97. The maximum absolute atomic E-state index is 11.6. The van der Waals surface area contributed by atoms with Gasteiger partial charge in [-0.1, -0.05) is 28.9 Å². The number of hydrogen-bond acceptors (Lipinski definition) is 5. The van der Waals surface area contributed by atoms with E-state index in [0.29, 0.717) is 0 Å². The number of benzene rings is 1. The molecule has 0 spiro atoms. The van der Waals surface area contributed by atoms with Gasteiger partial charge in [0.05, 0.1) is 4.92 Å². The van der Waals surface area contributed by atoms with Crippen LogP contribution in [0.5, 0.6) is 5.75 Å². The van der Waals surface area contributed by atoms with E-state index in [2.05, 4.69) is 32.9 Å². The van der Waals surface area contributed by atoms with Gasteiger partial charge >= 0.3 is 6.16 Å². The number of allylic oxidation sites excluding steroid dienone is 5. The Balaban J connectivity index is 2.30. The van der Waals surface area contributed by atoms with E-state index >= 15 is 0 Å². The first-order chi connectivity index (χ1) is 13.3. The summed E-state index contributed by atoms with van der Waals surface area (Å²) in [7, 11) is 0. The van der Waals surface area contributed by atoms with Crippen molar-refractivity contribution in [3.8, 4) is 5.75 Å². The molecule has 0 heterocycles. The first-order valence-electron chi connectivity index (χ1n) is 9.31. The molecule has 0 atom stereocenters. The average molecular weight is 387 g/mol. The second-order valence-corrected chi connectivity index (χ2v) is 6.87. The van der Waals surface area contributed by atoms with E-state index in [0.717, 1.165) is 31.3 Å². The molecule has 0 fully saturated rings. The maximum atomic E-state index is 11.6. The van der Waals surface area contributed by atoms with Crippen LogP contribution in [-0.4, -0.2) is 17.7 Å². The largest absolute Gasteiger partial charge is 0.514 e. The fraction of sp³-hybridized carbons (Fsp3) is 0.409. The van der Waals surface area contributed by atoms with Crippen LogP contribution in [0.1, 0.15) is 53.4 Å². The predicted octanol–water partition coefficient (Wildman–Crippen LogP) is 6.53. The lowest BCUT2D eigenvalue weighted by atomic mass is 10.1. The Kier molecular flexibility index (Phi) is 10.3. The molecule has 1 rings (SSSR count). The second kappa shape index (κ2) is 12.5. The van der Waals surface area contributed by atoms with Gasteiger partial charge in [-0.25, -0.2) is 4.79 Å². The van der Waals surface area contributed by atoms with Crippen molar-refractivity contribution in [1.82, 2.24) is 0 Å². The number of hydrogen-bond donors (Lipinski definition) is 0. The Bertz CT molecular complexity index is 741. The summed E-state index contributed by atoms with van der Waals surface area (Å²) in [5.41, 5.74) is 3.80. The van der Waals surface area contributed by atoms with Crippen LogP contribution in [0.4, 0.5) is 10.5 Å². The van der Waals surface area contributed by atoms with E-state index < -0.39 is 11.1 Å². The van der Waals surface area contributed by atoms with Gasteiger partial charge in [-0.3, -0.25) is 10.1 Å². The first-order valence-corrected chi connectivity index (χ1v) is 9.31. The van der Waals surface area contributed by atoms with Crippen LogP contribution < -0.4 is 4.74 Å². The Morgan fingerprint density at radius 1 is 0.964 bits per heavy atom. The fourth-order valence-corrected chi connectivity index (χ4v) is 2.35. The summed E-state index contributed by atoms with van der Waals surface area (Å²) in [6.07, 6.45) is 9.51. The molecular formula is C22H29NO5. The third-order valence-corrected chi connectivity index (χ3v) is 4.00. The average Bonchev–Trinajstić information content (AvgIpc) is 2.61. The third-order valence-electron chi connectivity index (χ3n) is 4.00. The van der Waals surface area contributed by atoms with Crippen LogP contribution in [0, 0.1) is 10.1 Å². The van der Waals surface area contributed by atoms with E-state index in [1.54, 1.807) is 0 Å². The summed E-state index contributed by atoms with van der Waals surface area (Å²) >= 11 is 0. The number of non-ortho nitro benzene ring substituents is 1. The molecule has 0 aromatic heterocycles. The molecule has 152 valence electrons. The van der Waals surface area contributed by atoms with Crippen molar-refractivity contribution in [2.45, 2.75) is 53.4 Å². The van der Waals surface area contributed by atoms with Crippen molar-refractivity contribution in [3.05, 3.63) is 69.3 Å². The van der Waals surface area contributed by atoms with Gasteiger partial charge < -0.3 is 9.47 Å². The van der Waals surface area contributed by atoms with E-state index in [4.69, 9.17) is 9.47 Å². The molecule has 0 unspecified atom stereocenters. The molecule has 0 amide bonds. The SMILES string of the molecule is CC(C)=CCCC(C)=CCCC(C)=CCOC(=O)Oc1ccc([N+](=O)[O-])cc1. The van der Waals surface area contributed by atoms with Crippen LogP contribution in [0.15, 0.2) is 59.2 Å². The molecule has 0 saturated heterocycles. The summed E-state index contributed by atoms with van der Waals surface area (Å²) in [5, 5.41) is 10.6. The van der Waals surface area contributed by atoms with Crippen LogP contribution in [0.2, 0.25) is 0 Å². The van der Waals surface area contributed by atoms with Gasteiger partial charge in [0.2, 0.25) is 0 Å². The molecule has 0 N–H and O–H groups in total. The smallest absolute Gasteiger partial charge is 0.430 e. The number of rotatable bonds is 10. The number of carbonyl (C=O) groups excluding carboxylic acids is 1. The van der Waals surface area contributed by atoms with Gasteiger partial charge in [-0.2, -0.15) is 0 Å². The normalized spacial score (nSPS) is 11.7. The lowest BCUT2D eigenvalue weighted by molar-refractivity contribution is -0.384. The van der Waals surface area contributed by atoms with Crippen molar-refractivity contribution >= 4 is 11.8 Å². The number of nitro benzene ring substituents is 1. The monoisotopic (exact) mass is 387 g/mol. The minimum absolute atomic E-state index is 0.0690. The molecule has 6 heteroatoms. The topological polar surface area (TPSA) is 78.7 Å². The number of ether oxygens (including phenoxy) is 2. The van der Waals surface area contributed by atoms with Crippen LogP contribution in [0.3, 0.4) is 0 Å². The zero-order valence-corrected chi connectivity index (χ0v) is 17.1. The maximum Gasteiger partial charge on any atom is 0.514 e. The zero-order chi connectivity index (χ0) is 20.9. The van der Waals surface area contributed by atoms with E-state index in [1.807, 2.05) is 13.0 Å². The summed E-state index contributed by atoms with van der Waals surface area (Å²) in [6, 6.07) is 5.24. The number of carbonyl (C=O) groups is 1. The van der Waals surface area contributed by atoms with Crippen LogP contribution in [0.25, 0.3) is 0 Å².